The quantitative estimate of drug-likeness (QED) is 0.830. The van der Waals surface area contributed by atoms with Crippen LogP contribution in [-0.2, 0) is 0 Å². The molecule has 1 nitrogen and oxygen atoms in total. The standard InChI is InChI=1S/C9H11BrFN.ClH/c1-5-3-8(10)9(11)4-7(5)6(2)12;/h3-4,6H,12H2,1-2H3;1H/t6-;/m1./s1. The Morgan fingerprint density at radius 1 is 1.46 bits per heavy atom. The Kier molecular flexibility index (Phi) is 4.89. The highest BCUT2D eigenvalue weighted by Gasteiger charge is 2.07. The van der Waals surface area contributed by atoms with Crippen molar-refractivity contribution in [1.82, 2.24) is 0 Å². The van der Waals surface area contributed by atoms with Crippen LogP contribution < -0.4 is 5.73 Å². The first-order chi connectivity index (χ1) is 5.52. The van der Waals surface area contributed by atoms with Crippen molar-refractivity contribution >= 4 is 28.3 Å². The summed E-state index contributed by atoms with van der Waals surface area (Å²) in [6.45, 7) is 3.76. The van der Waals surface area contributed by atoms with E-state index in [1.807, 2.05) is 13.8 Å². The maximum atomic E-state index is 13.0. The van der Waals surface area contributed by atoms with E-state index >= 15 is 0 Å². The summed E-state index contributed by atoms with van der Waals surface area (Å²) in [5, 5.41) is 0. The van der Waals surface area contributed by atoms with Crippen LogP contribution >= 0.6 is 28.3 Å². The van der Waals surface area contributed by atoms with E-state index in [2.05, 4.69) is 15.9 Å². The summed E-state index contributed by atoms with van der Waals surface area (Å²) in [5.41, 5.74) is 7.52. The number of rotatable bonds is 1. The molecular formula is C9H12BrClFN. The van der Waals surface area contributed by atoms with Crippen molar-refractivity contribution in [3.8, 4) is 0 Å². The highest BCUT2D eigenvalue weighted by molar-refractivity contribution is 9.10. The second-order valence-corrected chi connectivity index (χ2v) is 3.77. The number of hydrogen-bond acceptors (Lipinski definition) is 1. The Morgan fingerprint density at radius 3 is 2.46 bits per heavy atom. The van der Waals surface area contributed by atoms with Crippen LogP contribution in [0.15, 0.2) is 16.6 Å². The van der Waals surface area contributed by atoms with Crippen LogP contribution in [0.1, 0.15) is 24.1 Å². The zero-order valence-electron chi connectivity index (χ0n) is 7.47. The Labute approximate surface area is 92.1 Å². The minimum atomic E-state index is -0.257. The summed E-state index contributed by atoms with van der Waals surface area (Å²) in [6, 6.07) is 3.10. The normalized spacial score (nSPS) is 12.1. The fourth-order valence-corrected chi connectivity index (χ4v) is 1.61. The molecule has 0 bridgehead atoms. The second kappa shape index (κ2) is 4.94. The fraction of sp³-hybridized carbons (Fsp3) is 0.333. The van der Waals surface area contributed by atoms with Crippen LogP contribution in [0.4, 0.5) is 4.39 Å². The summed E-state index contributed by atoms with van der Waals surface area (Å²) in [6.07, 6.45) is 0. The van der Waals surface area contributed by atoms with E-state index < -0.39 is 0 Å². The number of halogens is 3. The minimum Gasteiger partial charge on any atom is -0.324 e. The molecule has 0 unspecified atom stereocenters. The molecule has 0 aromatic heterocycles. The van der Waals surface area contributed by atoms with Crippen molar-refractivity contribution in [2.45, 2.75) is 19.9 Å². The van der Waals surface area contributed by atoms with Gasteiger partial charge in [0, 0.05) is 6.04 Å². The molecule has 0 fully saturated rings. The van der Waals surface area contributed by atoms with E-state index in [0.717, 1.165) is 11.1 Å². The summed E-state index contributed by atoms with van der Waals surface area (Å²) < 4.78 is 13.5. The van der Waals surface area contributed by atoms with Gasteiger partial charge in [-0.2, -0.15) is 0 Å². The minimum absolute atomic E-state index is 0. The van der Waals surface area contributed by atoms with Crippen LogP contribution in [0.25, 0.3) is 0 Å². The van der Waals surface area contributed by atoms with E-state index in [9.17, 15) is 4.39 Å². The first kappa shape index (κ1) is 12.9. The van der Waals surface area contributed by atoms with Crippen molar-refractivity contribution in [1.29, 1.82) is 0 Å². The number of hydrogen-bond donors (Lipinski definition) is 1. The predicted molar refractivity (Wildman–Crippen MR) is 58.7 cm³/mol. The highest BCUT2D eigenvalue weighted by Crippen LogP contribution is 2.23. The van der Waals surface area contributed by atoms with E-state index in [1.54, 1.807) is 6.07 Å². The third-order valence-corrected chi connectivity index (χ3v) is 2.41. The monoisotopic (exact) mass is 267 g/mol. The second-order valence-electron chi connectivity index (χ2n) is 2.91. The highest BCUT2D eigenvalue weighted by atomic mass is 79.9. The molecule has 0 saturated heterocycles. The van der Waals surface area contributed by atoms with Gasteiger partial charge >= 0.3 is 0 Å². The Hall–Kier alpha value is -0.120. The van der Waals surface area contributed by atoms with Crippen molar-refractivity contribution in [2.24, 2.45) is 5.73 Å². The lowest BCUT2D eigenvalue weighted by molar-refractivity contribution is 0.614. The lowest BCUT2D eigenvalue weighted by Crippen LogP contribution is -2.07. The van der Waals surface area contributed by atoms with E-state index in [-0.39, 0.29) is 24.3 Å². The number of aryl methyl sites for hydroxylation is 1. The summed E-state index contributed by atoms with van der Waals surface area (Å²) in [5.74, 6) is -0.257. The molecule has 0 aliphatic heterocycles. The van der Waals surface area contributed by atoms with E-state index in [1.165, 1.54) is 6.07 Å². The predicted octanol–water partition coefficient (Wildman–Crippen LogP) is 3.34. The average Bonchev–Trinajstić information content (AvgIpc) is 1.96. The fourth-order valence-electron chi connectivity index (χ4n) is 1.15. The van der Waals surface area contributed by atoms with Gasteiger partial charge in [-0.3, -0.25) is 0 Å². The molecule has 0 radical (unpaired) electrons. The largest absolute Gasteiger partial charge is 0.324 e. The van der Waals surface area contributed by atoms with E-state index in [4.69, 9.17) is 5.73 Å². The molecule has 74 valence electrons. The van der Waals surface area contributed by atoms with Crippen molar-refractivity contribution in [3.05, 3.63) is 33.5 Å². The molecule has 2 N–H and O–H groups in total. The van der Waals surface area contributed by atoms with Gasteiger partial charge in [-0.25, -0.2) is 4.39 Å². The molecule has 0 aliphatic rings. The van der Waals surface area contributed by atoms with Crippen LogP contribution in [-0.4, -0.2) is 0 Å². The van der Waals surface area contributed by atoms with Gasteiger partial charge in [0.05, 0.1) is 4.47 Å². The van der Waals surface area contributed by atoms with Crippen LogP contribution in [0.3, 0.4) is 0 Å². The van der Waals surface area contributed by atoms with Gasteiger partial charge < -0.3 is 5.73 Å². The molecule has 0 amide bonds. The summed E-state index contributed by atoms with van der Waals surface area (Å²) in [4.78, 5) is 0. The van der Waals surface area contributed by atoms with Gasteiger partial charge in [0.15, 0.2) is 0 Å². The van der Waals surface area contributed by atoms with Crippen LogP contribution in [0.2, 0.25) is 0 Å². The van der Waals surface area contributed by atoms with Gasteiger partial charge in [0.2, 0.25) is 0 Å². The molecule has 13 heavy (non-hydrogen) atoms. The van der Waals surface area contributed by atoms with Crippen molar-refractivity contribution in [2.75, 3.05) is 0 Å². The maximum absolute atomic E-state index is 13.0. The van der Waals surface area contributed by atoms with Crippen molar-refractivity contribution < 1.29 is 4.39 Å². The summed E-state index contributed by atoms with van der Waals surface area (Å²) in [7, 11) is 0. The molecular weight excluding hydrogens is 256 g/mol. The maximum Gasteiger partial charge on any atom is 0.137 e. The smallest absolute Gasteiger partial charge is 0.137 e. The third-order valence-electron chi connectivity index (χ3n) is 1.80. The molecule has 1 aromatic carbocycles. The average molecular weight is 269 g/mol. The molecule has 1 atom stereocenters. The first-order valence-electron chi connectivity index (χ1n) is 3.73. The first-order valence-corrected chi connectivity index (χ1v) is 4.53. The Bertz CT molecular complexity index is 302. The molecule has 0 saturated carbocycles. The molecule has 0 heterocycles. The van der Waals surface area contributed by atoms with Gasteiger partial charge in [0.1, 0.15) is 5.82 Å². The molecule has 1 aromatic rings. The lowest BCUT2D eigenvalue weighted by atomic mass is 10.0. The number of benzene rings is 1. The number of nitrogens with two attached hydrogens (primary N) is 1. The van der Waals surface area contributed by atoms with Gasteiger partial charge in [0.25, 0.3) is 0 Å². The summed E-state index contributed by atoms with van der Waals surface area (Å²) >= 11 is 3.11. The van der Waals surface area contributed by atoms with Gasteiger partial charge in [-0.05, 0) is 53.0 Å². The molecule has 0 aliphatic carbocycles. The molecule has 1 rings (SSSR count). The third kappa shape index (κ3) is 2.93. The van der Waals surface area contributed by atoms with Crippen LogP contribution in [0, 0.1) is 12.7 Å². The molecule has 4 heteroatoms. The van der Waals surface area contributed by atoms with Crippen LogP contribution in [0.5, 0.6) is 0 Å². The Balaban J connectivity index is 0.00000144. The lowest BCUT2D eigenvalue weighted by Gasteiger charge is -2.10. The molecule has 0 spiro atoms. The zero-order chi connectivity index (χ0) is 9.30. The SMILES string of the molecule is Cc1cc(Br)c(F)cc1[C@@H](C)N.Cl. The zero-order valence-corrected chi connectivity index (χ0v) is 9.88. The van der Waals surface area contributed by atoms with Gasteiger partial charge in [-0.1, -0.05) is 0 Å². The van der Waals surface area contributed by atoms with Gasteiger partial charge in [-0.15, -0.1) is 12.4 Å². The Morgan fingerprint density at radius 2 is 2.00 bits per heavy atom. The van der Waals surface area contributed by atoms with Crippen molar-refractivity contribution in [3.63, 3.8) is 0 Å². The van der Waals surface area contributed by atoms with E-state index in [0.29, 0.717) is 4.47 Å². The topological polar surface area (TPSA) is 26.0 Å².